The topological polar surface area (TPSA) is 119 Å². The Balaban J connectivity index is 1.70. The number of carbonyl (C=O) groups is 1. The molecule has 0 bridgehead atoms. The molecule has 10 nitrogen and oxygen atoms in total. The van der Waals surface area contributed by atoms with Gasteiger partial charge in [-0.05, 0) is 68.9 Å². The summed E-state index contributed by atoms with van der Waals surface area (Å²) in [5.74, 6) is -0.909. The van der Waals surface area contributed by atoms with Crippen LogP contribution in [0.5, 0.6) is 0 Å². The number of rotatable bonds is 5. The number of aryl methyl sites for hydroxylation is 2. The summed E-state index contributed by atoms with van der Waals surface area (Å²) >= 11 is 0. The highest BCUT2D eigenvalue weighted by Gasteiger charge is 2.32. The van der Waals surface area contributed by atoms with E-state index in [-0.39, 0.29) is 34.7 Å². The maximum atomic E-state index is 16.3. The van der Waals surface area contributed by atoms with Gasteiger partial charge in [-0.25, -0.2) is 9.37 Å². The fraction of sp³-hybridized carbons (Fsp3) is 0.333. The lowest BCUT2D eigenvalue weighted by Crippen LogP contribution is -2.48. The van der Waals surface area contributed by atoms with Gasteiger partial charge in [0.05, 0.1) is 28.6 Å². The van der Waals surface area contributed by atoms with Gasteiger partial charge in [-0.3, -0.25) is 33.6 Å². The third-order valence-corrected chi connectivity index (χ3v) is 8.68. The minimum absolute atomic E-state index is 0.0488. The average Bonchev–Trinajstić information content (AvgIpc) is 3.47. The van der Waals surface area contributed by atoms with Crippen LogP contribution in [0.15, 0.2) is 58.9 Å². The summed E-state index contributed by atoms with van der Waals surface area (Å²) in [4.78, 5) is 51.8. The first-order valence-electron chi connectivity index (χ1n) is 14.7. The van der Waals surface area contributed by atoms with Crippen molar-refractivity contribution in [2.24, 2.45) is 0 Å². The van der Waals surface area contributed by atoms with Crippen molar-refractivity contribution in [1.82, 2.24) is 34.2 Å². The van der Waals surface area contributed by atoms with Crippen LogP contribution in [0.3, 0.4) is 0 Å². The number of aromatic nitrogens is 6. The molecule has 1 N–H and O–H groups in total. The molecule has 0 saturated carbocycles. The van der Waals surface area contributed by atoms with E-state index >= 15 is 4.39 Å². The number of piperidine rings is 1. The molecule has 2 atom stereocenters. The quantitative estimate of drug-likeness (QED) is 0.223. The van der Waals surface area contributed by atoms with Crippen LogP contribution in [0.4, 0.5) is 4.39 Å². The summed E-state index contributed by atoms with van der Waals surface area (Å²) in [6.07, 6.45) is 5.37. The van der Waals surface area contributed by atoms with Crippen LogP contribution in [0.1, 0.15) is 62.4 Å². The first-order valence-corrected chi connectivity index (χ1v) is 14.7. The predicted octanol–water partition coefficient (Wildman–Crippen LogP) is 5.10. The summed E-state index contributed by atoms with van der Waals surface area (Å²) in [6, 6.07) is 6.13. The zero-order chi connectivity index (χ0) is 31.4. The van der Waals surface area contributed by atoms with Gasteiger partial charge in [0, 0.05) is 41.8 Å². The van der Waals surface area contributed by atoms with E-state index in [1.165, 1.54) is 21.3 Å². The second kappa shape index (κ2) is 11.0. The van der Waals surface area contributed by atoms with Crippen LogP contribution in [-0.2, 0) is 4.79 Å². The van der Waals surface area contributed by atoms with Crippen molar-refractivity contribution in [2.75, 3.05) is 6.54 Å². The fourth-order valence-electron chi connectivity index (χ4n) is 6.51. The Bertz CT molecular complexity index is 2090. The highest BCUT2D eigenvalue weighted by Crippen LogP contribution is 2.35. The van der Waals surface area contributed by atoms with Crippen LogP contribution in [0.25, 0.3) is 39.0 Å². The zero-order valence-electron chi connectivity index (χ0n) is 25.4. The minimum atomic E-state index is -0.795. The van der Waals surface area contributed by atoms with Crippen molar-refractivity contribution < 1.29 is 9.18 Å². The molecule has 1 saturated heterocycles. The molecule has 226 valence electrons. The molecular formula is C33H34FN7O3. The molecule has 44 heavy (non-hydrogen) atoms. The standard InChI is InChI=1S/C33H34FN7O3/c1-7-26(42)39-13-11-21(14-20(39)6)40-25-15-23(34)29(27-18(4)8-9-24-22(27)16-36-38-24)37-31(25)41(33(44)32(40)43)30-19(5)10-12-35-28(30)17(2)3/h7-10,12,15-17,20-21H,1,11,13-14H2,2-6H3,(H,36,38)/t20-,21?/m0/s1. The number of benzene rings is 1. The van der Waals surface area contributed by atoms with Gasteiger partial charge in [0.1, 0.15) is 5.69 Å². The zero-order valence-corrected chi connectivity index (χ0v) is 25.4. The molecule has 1 aromatic carbocycles. The van der Waals surface area contributed by atoms with Gasteiger partial charge in [0.25, 0.3) is 0 Å². The van der Waals surface area contributed by atoms with Gasteiger partial charge in [-0.1, -0.05) is 26.5 Å². The van der Waals surface area contributed by atoms with Crippen LogP contribution >= 0.6 is 0 Å². The monoisotopic (exact) mass is 595 g/mol. The van der Waals surface area contributed by atoms with Crippen molar-refractivity contribution in [2.45, 2.75) is 65.5 Å². The Labute approximate surface area is 252 Å². The molecule has 5 aromatic rings. The Morgan fingerprint density at radius 2 is 1.93 bits per heavy atom. The average molecular weight is 596 g/mol. The van der Waals surface area contributed by atoms with Crippen molar-refractivity contribution >= 4 is 28.0 Å². The fourth-order valence-corrected chi connectivity index (χ4v) is 6.51. The van der Waals surface area contributed by atoms with E-state index in [4.69, 9.17) is 4.98 Å². The number of nitrogens with zero attached hydrogens (tertiary/aromatic N) is 6. The largest absolute Gasteiger partial charge is 0.336 e. The van der Waals surface area contributed by atoms with E-state index in [1.807, 2.05) is 46.8 Å². The van der Waals surface area contributed by atoms with Crippen molar-refractivity contribution in [3.8, 4) is 16.9 Å². The van der Waals surface area contributed by atoms with Gasteiger partial charge < -0.3 is 4.90 Å². The van der Waals surface area contributed by atoms with E-state index in [0.717, 1.165) is 11.1 Å². The lowest BCUT2D eigenvalue weighted by molar-refractivity contribution is -0.129. The minimum Gasteiger partial charge on any atom is -0.336 e. The first-order chi connectivity index (χ1) is 21.0. The Hall–Kier alpha value is -4.93. The number of halogens is 1. The predicted molar refractivity (Wildman–Crippen MR) is 168 cm³/mol. The molecule has 5 heterocycles. The van der Waals surface area contributed by atoms with Crippen LogP contribution in [-0.4, -0.2) is 52.7 Å². The molecule has 4 aromatic heterocycles. The molecular weight excluding hydrogens is 561 g/mol. The van der Waals surface area contributed by atoms with Crippen molar-refractivity contribution in [3.05, 3.63) is 92.7 Å². The number of amides is 1. The van der Waals surface area contributed by atoms with Gasteiger partial charge in [0.2, 0.25) is 5.91 Å². The van der Waals surface area contributed by atoms with Crippen molar-refractivity contribution in [1.29, 1.82) is 0 Å². The lowest BCUT2D eigenvalue weighted by atomic mass is 9.97. The van der Waals surface area contributed by atoms with Gasteiger partial charge in [0.15, 0.2) is 11.5 Å². The molecule has 6 rings (SSSR count). The number of hydrogen-bond acceptors (Lipinski definition) is 6. The van der Waals surface area contributed by atoms with E-state index < -0.39 is 23.0 Å². The van der Waals surface area contributed by atoms with E-state index in [0.29, 0.717) is 47.2 Å². The number of aromatic amines is 1. The third kappa shape index (κ3) is 4.54. The molecule has 11 heteroatoms. The molecule has 1 fully saturated rings. The van der Waals surface area contributed by atoms with E-state index in [2.05, 4.69) is 21.8 Å². The third-order valence-electron chi connectivity index (χ3n) is 8.68. The Morgan fingerprint density at radius 1 is 1.16 bits per heavy atom. The second-order valence-corrected chi connectivity index (χ2v) is 11.8. The number of likely N-dealkylation sites (tertiary alicyclic amines) is 1. The van der Waals surface area contributed by atoms with Crippen molar-refractivity contribution in [3.63, 3.8) is 0 Å². The molecule has 0 spiro atoms. The van der Waals surface area contributed by atoms with Gasteiger partial charge in [-0.2, -0.15) is 5.10 Å². The molecule has 0 radical (unpaired) electrons. The smallest absolute Gasteiger partial charge is 0.322 e. The summed E-state index contributed by atoms with van der Waals surface area (Å²) < 4.78 is 19.0. The normalized spacial score (nSPS) is 17.1. The van der Waals surface area contributed by atoms with Crippen LogP contribution in [0, 0.1) is 19.7 Å². The summed E-state index contributed by atoms with van der Waals surface area (Å²) in [5, 5.41) is 7.75. The number of nitrogens with one attached hydrogen (secondary N) is 1. The van der Waals surface area contributed by atoms with E-state index in [9.17, 15) is 14.4 Å². The molecule has 1 aliphatic rings. The van der Waals surface area contributed by atoms with Gasteiger partial charge in [-0.15, -0.1) is 0 Å². The number of H-pyrrole nitrogens is 1. The summed E-state index contributed by atoms with van der Waals surface area (Å²) in [5.41, 5.74) is 2.68. The van der Waals surface area contributed by atoms with Crippen LogP contribution in [0.2, 0.25) is 0 Å². The summed E-state index contributed by atoms with van der Waals surface area (Å²) in [7, 11) is 0. The molecule has 1 amide bonds. The Morgan fingerprint density at radius 3 is 2.64 bits per heavy atom. The van der Waals surface area contributed by atoms with Gasteiger partial charge >= 0.3 is 11.1 Å². The number of hydrogen-bond donors (Lipinski definition) is 1. The highest BCUT2D eigenvalue weighted by molar-refractivity contribution is 5.96. The SMILES string of the molecule is C=CC(=O)N1CCC(n2c(=O)c(=O)n(-c3c(C)ccnc3C(C)C)c3nc(-c4c(C)ccc5[nH]ncc45)c(F)cc32)C[C@@H]1C. The Kier molecular flexibility index (Phi) is 7.27. The second-order valence-electron chi connectivity index (χ2n) is 11.8. The maximum Gasteiger partial charge on any atom is 0.322 e. The molecule has 1 unspecified atom stereocenters. The lowest BCUT2D eigenvalue weighted by Gasteiger charge is -2.38. The molecule has 1 aliphatic heterocycles. The first kappa shape index (κ1) is 29.2. The number of fused-ring (bicyclic) bond motifs is 2. The number of carbonyl (C=O) groups excluding carboxylic acids is 1. The van der Waals surface area contributed by atoms with E-state index in [1.54, 1.807) is 23.4 Å². The maximum absolute atomic E-state index is 16.3. The van der Waals surface area contributed by atoms with Crippen LogP contribution < -0.4 is 11.1 Å². The summed E-state index contributed by atoms with van der Waals surface area (Å²) in [6.45, 7) is 13.5. The highest BCUT2D eigenvalue weighted by atomic mass is 19.1. The number of pyridine rings is 2. The molecule has 0 aliphatic carbocycles.